The number of alkyl halides is 3. The largest absolute Gasteiger partial charge is 0.497 e. The van der Waals surface area contributed by atoms with E-state index in [-0.39, 0.29) is 0 Å². The van der Waals surface area contributed by atoms with Crippen LogP contribution in [0.4, 0.5) is 13.2 Å². The minimum Gasteiger partial charge on any atom is -0.497 e. The Morgan fingerprint density at radius 2 is 1.64 bits per heavy atom. The van der Waals surface area contributed by atoms with Gasteiger partial charge in [0.15, 0.2) is 0 Å². The molecule has 1 amide bonds. The molecule has 1 fully saturated rings. The van der Waals surface area contributed by atoms with Crippen LogP contribution in [0.1, 0.15) is 44.1 Å². The van der Waals surface area contributed by atoms with Gasteiger partial charge in [-0.15, -0.1) is 0 Å². The van der Waals surface area contributed by atoms with Gasteiger partial charge in [0.25, 0.3) is 0 Å². The van der Waals surface area contributed by atoms with E-state index in [2.05, 4.69) is 5.32 Å². The summed E-state index contributed by atoms with van der Waals surface area (Å²) in [5.41, 5.74) is -0.247. The first-order chi connectivity index (χ1) is 10.4. The molecule has 0 radical (unpaired) electrons. The molecule has 0 atom stereocenters. The third-order valence-corrected chi connectivity index (χ3v) is 4.21. The standard InChI is InChI=1S/C16H20F3NO2/c1-22-13-8-6-12(7-9-13)15(10-4-2-3-5-11-15)20-14(21)16(17,18)19/h6-9H,2-5,10-11H2,1H3,(H,20,21). The van der Waals surface area contributed by atoms with Crippen molar-refractivity contribution >= 4 is 5.91 Å². The molecule has 1 N–H and O–H groups in total. The van der Waals surface area contributed by atoms with Crippen LogP contribution in [0.2, 0.25) is 0 Å². The molecule has 22 heavy (non-hydrogen) atoms. The molecule has 0 spiro atoms. The van der Waals surface area contributed by atoms with Crippen LogP contribution in [0.3, 0.4) is 0 Å². The summed E-state index contributed by atoms with van der Waals surface area (Å²) in [6, 6.07) is 6.89. The lowest BCUT2D eigenvalue weighted by Gasteiger charge is -2.35. The van der Waals surface area contributed by atoms with E-state index in [0.29, 0.717) is 24.2 Å². The SMILES string of the molecule is COc1ccc(C2(NC(=O)C(F)(F)F)CCCCCC2)cc1. The Labute approximate surface area is 127 Å². The van der Waals surface area contributed by atoms with Gasteiger partial charge in [0.05, 0.1) is 12.6 Å². The Morgan fingerprint density at radius 1 is 1.09 bits per heavy atom. The van der Waals surface area contributed by atoms with Crippen LogP contribution in [0.15, 0.2) is 24.3 Å². The van der Waals surface area contributed by atoms with Crippen LogP contribution in [0.5, 0.6) is 5.75 Å². The van der Waals surface area contributed by atoms with E-state index in [0.717, 1.165) is 25.7 Å². The molecule has 1 aromatic carbocycles. The first kappa shape index (κ1) is 16.6. The summed E-state index contributed by atoms with van der Waals surface area (Å²) >= 11 is 0. The molecule has 0 bridgehead atoms. The van der Waals surface area contributed by atoms with Gasteiger partial charge in [-0.3, -0.25) is 4.79 Å². The quantitative estimate of drug-likeness (QED) is 0.859. The lowest BCUT2D eigenvalue weighted by Crippen LogP contribution is -2.50. The second-order valence-corrected chi connectivity index (χ2v) is 5.68. The van der Waals surface area contributed by atoms with Crippen molar-refractivity contribution < 1.29 is 22.7 Å². The maximum Gasteiger partial charge on any atom is 0.471 e. The van der Waals surface area contributed by atoms with Crippen LogP contribution in [0, 0.1) is 0 Å². The first-order valence-corrected chi connectivity index (χ1v) is 7.41. The van der Waals surface area contributed by atoms with Gasteiger partial charge >= 0.3 is 12.1 Å². The van der Waals surface area contributed by atoms with Crippen molar-refractivity contribution in [3.05, 3.63) is 29.8 Å². The third-order valence-electron chi connectivity index (χ3n) is 4.21. The van der Waals surface area contributed by atoms with Gasteiger partial charge in [0, 0.05) is 0 Å². The molecule has 2 rings (SSSR count). The zero-order valence-corrected chi connectivity index (χ0v) is 12.5. The number of hydrogen-bond acceptors (Lipinski definition) is 2. The number of carbonyl (C=O) groups is 1. The van der Waals surface area contributed by atoms with Crippen molar-refractivity contribution in [2.24, 2.45) is 0 Å². The van der Waals surface area contributed by atoms with Crippen molar-refractivity contribution in [1.29, 1.82) is 0 Å². The molecule has 6 heteroatoms. The van der Waals surface area contributed by atoms with Crippen LogP contribution in [-0.2, 0) is 10.3 Å². The molecule has 1 aliphatic carbocycles. The summed E-state index contributed by atoms with van der Waals surface area (Å²) in [4.78, 5) is 11.5. The topological polar surface area (TPSA) is 38.3 Å². The normalized spacial score (nSPS) is 18.4. The van der Waals surface area contributed by atoms with Gasteiger partial charge in [-0.05, 0) is 30.5 Å². The van der Waals surface area contributed by atoms with Crippen LogP contribution in [-0.4, -0.2) is 19.2 Å². The Morgan fingerprint density at radius 3 is 2.09 bits per heavy atom. The average Bonchev–Trinajstić information content (AvgIpc) is 2.73. The van der Waals surface area contributed by atoms with Gasteiger partial charge in [0.1, 0.15) is 5.75 Å². The van der Waals surface area contributed by atoms with Gasteiger partial charge in [-0.2, -0.15) is 13.2 Å². The number of halogens is 3. The second-order valence-electron chi connectivity index (χ2n) is 5.68. The van der Waals surface area contributed by atoms with Crippen LogP contribution < -0.4 is 10.1 Å². The summed E-state index contributed by atoms with van der Waals surface area (Å²) in [6.45, 7) is 0. The van der Waals surface area contributed by atoms with Crippen molar-refractivity contribution in [3.8, 4) is 5.75 Å². The van der Waals surface area contributed by atoms with Gasteiger partial charge in [0.2, 0.25) is 0 Å². The van der Waals surface area contributed by atoms with Gasteiger partial charge < -0.3 is 10.1 Å². The summed E-state index contributed by atoms with van der Waals surface area (Å²) in [7, 11) is 1.53. The highest BCUT2D eigenvalue weighted by molar-refractivity contribution is 5.82. The summed E-state index contributed by atoms with van der Waals surface area (Å²) in [5, 5.41) is 2.26. The predicted octanol–water partition coefficient (Wildman–Crippen LogP) is 3.92. The van der Waals surface area contributed by atoms with Crippen molar-refractivity contribution in [1.82, 2.24) is 5.32 Å². The predicted molar refractivity (Wildman–Crippen MR) is 76.6 cm³/mol. The maximum atomic E-state index is 12.7. The number of nitrogens with one attached hydrogen (secondary N) is 1. The maximum absolute atomic E-state index is 12.7. The number of methoxy groups -OCH3 is 1. The van der Waals surface area contributed by atoms with Crippen molar-refractivity contribution in [3.63, 3.8) is 0 Å². The Kier molecular flexibility index (Phi) is 4.98. The van der Waals surface area contributed by atoms with Gasteiger partial charge in [-0.25, -0.2) is 0 Å². The second kappa shape index (κ2) is 6.58. The number of carbonyl (C=O) groups excluding carboxylic acids is 1. The summed E-state index contributed by atoms with van der Waals surface area (Å²) in [5.74, 6) is -1.24. The van der Waals surface area contributed by atoms with E-state index < -0.39 is 17.6 Å². The number of benzene rings is 1. The fourth-order valence-electron chi connectivity index (χ4n) is 3.02. The zero-order chi connectivity index (χ0) is 16.2. The van der Waals surface area contributed by atoms with E-state index in [1.807, 2.05) is 0 Å². The number of ether oxygens (including phenoxy) is 1. The lowest BCUT2D eigenvalue weighted by molar-refractivity contribution is -0.176. The first-order valence-electron chi connectivity index (χ1n) is 7.41. The molecule has 3 nitrogen and oxygen atoms in total. The molecular formula is C16H20F3NO2. The molecule has 1 aromatic rings. The van der Waals surface area contributed by atoms with Crippen molar-refractivity contribution in [2.75, 3.05) is 7.11 Å². The highest BCUT2D eigenvalue weighted by atomic mass is 19.4. The Hall–Kier alpha value is -1.72. The monoisotopic (exact) mass is 315 g/mol. The fourth-order valence-corrected chi connectivity index (χ4v) is 3.02. The van der Waals surface area contributed by atoms with Gasteiger partial charge in [-0.1, -0.05) is 37.8 Å². The highest BCUT2D eigenvalue weighted by Crippen LogP contribution is 2.37. The van der Waals surface area contributed by atoms with Crippen LogP contribution >= 0.6 is 0 Å². The van der Waals surface area contributed by atoms with E-state index in [4.69, 9.17) is 4.74 Å². The molecule has 0 aliphatic heterocycles. The van der Waals surface area contributed by atoms with Crippen molar-refractivity contribution in [2.45, 2.75) is 50.2 Å². The number of hydrogen-bond donors (Lipinski definition) is 1. The zero-order valence-electron chi connectivity index (χ0n) is 12.5. The summed E-state index contributed by atoms with van der Waals surface area (Å²) < 4.78 is 43.1. The Bertz CT molecular complexity index is 503. The van der Waals surface area contributed by atoms with E-state index in [1.165, 1.54) is 7.11 Å². The molecular weight excluding hydrogens is 295 g/mol. The van der Waals surface area contributed by atoms with E-state index in [1.54, 1.807) is 24.3 Å². The minimum absolute atomic E-state index is 0.515. The molecule has 0 heterocycles. The Balaban J connectivity index is 2.33. The minimum atomic E-state index is -4.87. The molecule has 0 unspecified atom stereocenters. The smallest absolute Gasteiger partial charge is 0.471 e. The molecule has 1 saturated carbocycles. The molecule has 1 aliphatic rings. The molecule has 0 saturated heterocycles. The highest BCUT2D eigenvalue weighted by Gasteiger charge is 2.44. The van der Waals surface area contributed by atoms with Crippen LogP contribution in [0.25, 0.3) is 0 Å². The molecule has 122 valence electrons. The average molecular weight is 315 g/mol. The molecule has 0 aromatic heterocycles. The summed E-state index contributed by atoms with van der Waals surface area (Å²) in [6.07, 6.45) is -0.304. The number of rotatable bonds is 3. The van der Waals surface area contributed by atoms with E-state index in [9.17, 15) is 18.0 Å². The van der Waals surface area contributed by atoms with E-state index >= 15 is 0 Å². The fraction of sp³-hybridized carbons (Fsp3) is 0.562. The number of amides is 1. The lowest BCUT2D eigenvalue weighted by atomic mass is 9.82. The third kappa shape index (κ3) is 3.72.